The van der Waals surface area contributed by atoms with Crippen LogP contribution in [0.15, 0.2) is 48.8 Å². The number of rotatable bonds is 2. The Hall–Kier alpha value is -2.62. The summed E-state index contributed by atoms with van der Waals surface area (Å²) in [7, 11) is 0. The molecule has 0 saturated carbocycles. The lowest BCUT2D eigenvalue weighted by molar-refractivity contribution is 1.10. The summed E-state index contributed by atoms with van der Waals surface area (Å²) in [6.07, 6.45) is 3.53. The third kappa shape index (κ3) is 2.20. The lowest BCUT2D eigenvalue weighted by atomic mass is 10.1. The number of hydrogen-bond acceptors (Lipinski definition) is 3. The summed E-state index contributed by atoms with van der Waals surface area (Å²) in [4.78, 5) is 4.49. The number of nitrogens with one attached hydrogen (secondary N) is 1. The summed E-state index contributed by atoms with van der Waals surface area (Å²) in [6, 6.07) is 12.3. The van der Waals surface area contributed by atoms with E-state index < -0.39 is 0 Å². The normalized spacial score (nSPS) is 10.6. The highest BCUT2D eigenvalue weighted by molar-refractivity contribution is 5.73. The maximum absolute atomic E-state index is 5.80. The number of aryl methyl sites for hydroxylation is 1. The number of nitrogens with two attached hydrogens (primary N) is 1. The van der Waals surface area contributed by atoms with Crippen LogP contribution < -0.4 is 5.73 Å². The van der Waals surface area contributed by atoms with Crippen molar-refractivity contribution >= 4 is 5.82 Å². The van der Waals surface area contributed by atoms with Gasteiger partial charge < -0.3 is 5.73 Å². The number of aromatic nitrogens is 3. The summed E-state index contributed by atoms with van der Waals surface area (Å²) in [5.74, 6) is 0.560. The van der Waals surface area contributed by atoms with Crippen LogP contribution >= 0.6 is 0 Å². The maximum Gasteiger partial charge on any atom is 0.126 e. The van der Waals surface area contributed by atoms with Gasteiger partial charge in [0.2, 0.25) is 0 Å². The van der Waals surface area contributed by atoms with Crippen molar-refractivity contribution in [3.05, 3.63) is 54.4 Å². The van der Waals surface area contributed by atoms with Crippen LogP contribution in [0.4, 0.5) is 5.82 Å². The first-order valence-electron chi connectivity index (χ1n) is 6.06. The average molecular weight is 250 g/mol. The second-order valence-corrected chi connectivity index (χ2v) is 4.50. The summed E-state index contributed by atoms with van der Waals surface area (Å²) in [6.45, 7) is 2.07. The van der Waals surface area contributed by atoms with E-state index in [1.54, 1.807) is 6.20 Å². The standard InChI is InChI=1S/C15H14N4/c1-10-3-2-4-11(7-10)14-6-5-12(8-17-14)13-9-18-19-15(13)16/h2-9H,1H3,(H3,16,18,19). The Labute approximate surface area is 111 Å². The van der Waals surface area contributed by atoms with Crippen molar-refractivity contribution in [2.75, 3.05) is 5.73 Å². The lowest BCUT2D eigenvalue weighted by Gasteiger charge is -2.04. The van der Waals surface area contributed by atoms with Gasteiger partial charge in [0.15, 0.2) is 0 Å². The monoisotopic (exact) mass is 250 g/mol. The summed E-state index contributed by atoms with van der Waals surface area (Å²) >= 11 is 0. The van der Waals surface area contributed by atoms with Crippen molar-refractivity contribution in [1.29, 1.82) is 0 Å². The Morgan fingerprint density at radius 2 is 1.95 bits per heavy atom. The van der Waals surface area contributed by atoms with Gasteiger partial charge in [-0.05, 0) is 19.1 Å². The second kappa shape index (κ2) is 4.57. The molecule has 0 atom stereocenters. The third-order valence-electron chi connectivity index (χ3n) is 3.06. The van der Waals surface area contributed by atoms with Gasteiger partial charge in [-0.25, -0.2) is 0 Å². The highest BCUT2D eigenvalue weighted by atomic mass is 15.1. The molecule has 19 heavy (non-hydrogen) atoms. The van der Waals surface area contributed by atoms with Crippen molar-refractivity contribution in [1.82, 2.24) is 15.2 Å². The molecule has 3 N–H and O–H groups in total. The fourth-order valence-corrected chi connectivity index (χ4v) is 2.05. The quantitative estimate of drug-likeness (QED) is 0.734. The molecule has 0 aliphatic rings. The van der Waals surface area contributed by atoms with Gasteiger partial charge in [0, 0.05) is 22.9 Å². The van der Waals surface area contributed by atoms with Crippen molar-refractivity contribution < 1.29 is 0 Å². The van der Waals surface area contributed by atoms with E-state index in [9.17, 15) is 0 Å². The van der Waals surface area contributed by atoms with Crippen LogP contribution in [-0.2, 0) is 0 Å². The summed E-state index contributed by atoms with van der Waals surface area (Å²) < 4.78 is 0. The van der Waals surface area contributed by atoms with E-state index in [4.69, 9.17) is 5.73 Å². The molecule has 2 heterocycles. The van der Waals surface area contributed by atoms with Gasteiger partial charge in [0.1, 0.15) is 5.82 Å². The van der Waals surface area contributed by atoms with Crippen LogP contribution in [0.5, 0.6) is 0 Å². The molecule has 4 nitrogen and oxygen atoms in total. The molecule has 0 fully saturated rings. The predicted octanol–water partition coefficient (Wildman–Crippen LogP) is 3.03. The van der Waals surface area contributed by atoms with Crippen molar-refractivity contribution in [2.24, 2.45) is 0 Å². The lowest BCUT2D eigenvalue weighted by Crippen LogP contribution is -1.89. The summed E-state index contributed by atoms with van der Waals surface area (Å²) in [5, 5.41) is 6.63. The number of anilines is 1. The zero-order valence-electron chi connectivity index (χ0n) is 10.6. The Morgan fingerprint density at radius 3 is 2.58 bits per heavy atom. The van der Waals surface area contributed by atoms with Crippen LogP contribution in [0, 0.1) is 6.92 Å². The number of pyridine rings is 1. The molecule has 4 heteroatoms. The van der Waals surface area contributed by atoms with Gasteiger partial charge in [0.25, 0.3) is 0 Å². The van der Waals surface area contributed by atoms with E-state index in [0.29, 0.717) is 5.82 Å². The number of aromatic amines is 1. The van der Waals surface area contributed by atoms with E-state index >= 15 is 0 Å². The fraction of sp³-hybridized carbons (Fsp3) is 0.0667. The molecule has 3 rings (SSSR count). The van der Waals surface area contributed by atoms with Gasteiger partial charge in [-0.2, -0.15) is 5.10 Å². The molecular formula is C15H14N4. The second-order valence-electron chi connectivity index (χ2n) is 4.50. The molecule has 0 aliphatic heterocycles. The van der Waals surface area contributed by atoms with Crippen LogP contribution in [0.3, 0.4) is 0 Å². The molecule has 3 aromatic rings. The van der Waals surface area contributed by atoms with E-state index in [2.05, 4.69) is 40.3 Å². The Kier molecular flexibility index (Phi) is 2.76. The topological polar surface area (TPSA) is 67.6 Å². The molecule has 0 saturated heterocycles. The van der Waals surface area contributed by atoms with Gasteiger partial charge in [-0.15, -0.1) is 0 Å². The van der Waals surface area contributed by atoms with Crippen molar-refractivity contribution in [3.63, 3.8) is 0 Å². The minimum absolute atomic E-state index is 0.560. The molecule has 0 radical (unpaired) electrons. The third-order valence-corrected chi connectivity index (χ3v) is 3.06. The number of H-pyrrole nitrogens is 1. The first-order chi connectivity index (χ1) is 9.24. The molecule has 2 aromatic heterocycles. The highest BCUT2D eigenvalue weighted by Crippen LogP contribution is 2.25. The molecule has 0 bridgehead atoms. The number of hydrogen-bond donors (Lipinski definition) is 2. The highest BCUT2D eigenvalue weighted by Gasteiger charge is 2.06. The zero-order valence-corrected chi connectivity index (χ0v) is 10.6. The van der Waals surface area contributed by atoms with Gasteiger partial charge in [-0.1, -0.05) is 29.8 Å². The fourth-order valence-electron chi connectivity index (χ4n) is 2.05. The minimum atomic E-state index is 0.560. The Balaban J connectivity index is 1.97. The van der Waals surface area contributed by atoms with E-state index in [1.807, 2.05) is 24.4 Å². The molecule has 1 aromatic carbocycles. The molecular weight excluding hydrogens is 236 g/mol. The van der Waals surface area contributed by atoms with Crippen molar-refractivity contribution in [3.8, 4) is 22.4 Å². The van der Waals surface area contributed by atoms with Gasteiger partial charge in [0.05, 0.1) is 11.9 Å². The smallest absolute Gasteiger partial charge is 0.126 e. The molecule has 0 spiro atoms. The number of nitrogen functional groups attached to an aromatic ring is 1. The van der Waals surface area contributed by atoms with E-state index in [0.717, 1.165) is 22.4 Å². The Morgan fingerprint density at radius 1 is 1.05 bits per heavy atom. The van der Waals surface area contributed by atoms with Crippen LogP contribution in [0.2, 0.25) is 0 Å². The van der Waals surface area contributed by atoms with Gasteiger partial charge >= 0.3 is 0 Å². The largest absolute Gasteiger partial charge is 0.384 e. The zero-order chi connectivity index (χ0) is 13.2. The molecule has 94 valence electrons. The van der Waals surface area contributed by atoms with Crippen LogP contribution in [-0.4, -0.2) is 15.2 Å². The molecule has 0 amide bonds. The molecule has 0 unspecified atom stereocenters. The van der Waals surface area contributed by atoms with Crippen molar-refractivity contribution in [2.45, 2.75) is 6.92 Å². The first kappa shape index (κ1) is 11.5. The van der Waals surface area contributed by atoms with Crippen LogP contribution in [0.25, 0.3) is 22.4 Å². The average Bonchev–Trinajstić information content (AvgIpc) is 2.85. The maximum atomic E-state index is 5.80. The minimum Gasteiger partial charge on any atom is -0.384 e. The predicted molar refractivity (Wildman–Crippen MR) is 76.4 cm³/mol. The SMILES string of the molecule is Cc1cccc(-c2ccc(-c3cn[nH]c3N)cn2)c1. The molecule has 0 aliphatic carbocycles. The van der Waals surface area contributed by atoms with E-state index in [-0.39, 0.29) is 0 Å². The summed E-state index contributed by atoms with van der Waals surface area (Å²) in [5.41, 5.74) is 10.9. The first-order valence-corrected chi connectivity index (χ1v) is 6.06. The van der Waals surface area contributed by atoms with Gasteiger partial charge in [-0.3, -0.25) is 10.1 Å². The van der Waals surface area contributed by atoms with Crippen LogP contribution in [0.1, 0.15) is 5.56 Å². The van der Waals surface area contributed by atoms with E-state index in [1.165, 1.54) is 5.56 Å². The Bertz CT molecular complexity index is 698. The number of nitrogens with zero attached hydrogens (tertiary/aromatic N) is 2. The number of benzene rings is 1.